The van der Waals surface area contributed by atoms with E-state index in [9.17, 15) is 13.2 Å². The molecule has 0 atom stereocenters. The molecule has 1 aliphatic rings. The third-order valence-electron chi connectivity index (χ3n) is 5.59. The number of hydrogen-bond donors (Lipinski definition) is 1. The molecule has 1 saturated heterocycles. The van der Waals surface area contributed by atoms with Crippen LogP contribution < -0.4 is 5.32 Å². The average molecular weight is 485 g/mol. The Bertz CT molecular complexity index is 1200. The Morgan fingerprint density at radius 2 is 1.82 bits per heavy atom. The maximum absolute atomic E-state index is 12.9. The zero-order chi connectivity index (χ0) is 23.3. The van der Waals surface area contributed by atoms with E-state index < -0.39 is 10.0 Å². The number of unbranched alkanes of at least 4 members (excludes halogenated alkanes) is 1. The lowest BCUT2D eigenvalue weighted by molar-refractivity contribution is 0.0731. The van der Waals surface area contributed by atoms with E-state index in [0.717, 1.165) is 35.4 Å². The first kappa shape index (κ1) is 23.6. The zero-order valence-corrected chi connectivity index (χ0v) is 20.3. The molecule has 2 heterocycles. The van der Waals surface area contributed by atoms with Crippen LogP contribution in [0.25, 0.3) is 10.4 Å². The number of anilines is 1. The molecule has 0 unspecified atom stereocenters. The van der Waals surface area contributed by atoms with Crippen molar-refractivity contribution in [3.05, 3.63) is 71.8 Å². The quantitative estimate of drug-likeness (QED) is 0.487. The number of thiophene rings is 1. The zero-order valence-electron chi connectivity index (χ0n) is 18.6. The molecule has 1 aromatic heterocycles. The monoisotopic (exact) mass is 484 g/mol. The number of ether oxygens (including phenoxy) is 1. The molecule has 0 bridgehead atoms. The Hall–Kier alpha value is -2.52. The summed E-state index contributed by atoms with van der Waals surface area (Å²) in [6.45, 7) is 3.73. The lowest BCUT2D eigenvalue weighted by atomic mass is 10.1. The van der Waals surface area contributed by atoms with Gasteiger partial charge in [-0.3, -0.25) is 4.79 Å². The second-order valence-electron chi connectivity index (χ2n) is 7.97. The lowest BCUT2D eigenvalue weighted by Gasteiger charge is -2.25. The van der Waals surface area contributed by atoms with Gasteiger partial charge >= 0.3 is 0 Å². The van der Waals surface area contributed by atoms with Crippen molar-refractivity contribution in [1.29, 1.82) is 0 Å². The molecule has 1 aliphatic heterocycles. The predicted molar refractivity (Wildman–Crippen MR) is 132 cm³/mol. The van der Waals surface area contributed by atoms with Gasteiger partial charge in [-0.2, -0.15) is 4.31 Å². The highest BCUT2D eigenvalue weighted by Crippen LogP contribution is 2.33. The number of sulfonamides is 1. The van der Waals surface area contributed by atoms with Gasteiger partial charge in [0.05, 0.1) is 13.2 Å². The van der Waals surface area contributed by atoms with Gasteiger partial charge in [-0.1, -0.05) is 37.6 Å². The Balaban J connectivity index is 1.47. The second-order valence-corrected chi connectivity index (χ2v) is 11.2. The number of nitrogens with zero attached hydrogens (tertiary/aromatic N) is 1. The SMILES string of the molecule is CCCCc1ccc(NC(=O)c2cccc(-c3ccc(S(=O)(=O)N4CCOCC4)s3)c2)cc1. The first-order valence-electron chi connectivity index (χ1n) is 11.2. The van der Waals surface area contributed by atoms with Crippen LogP contribution in [0.3, 0.4) is 0 Å². The Kier molecular flexibility index (Phi) is 7.60. The van der Waals surface area contributed by atoms with Gasteiger partial charge in [0.2, 0.25) is 0 Å². The molecule has 33 heavy (non-hydrogen) atoms. The summed E-state index contributed by atoms with van der Waals surface area (Å²) in [6.07, 6.45) is 3.34. The van der Waals surface area contributed by atoms with Gasteiger partial charge in [-0.15, -0.1) is 11.3 Å². The summed E-state index contributed by atoms with van der Waals surface area (Å²) in [5.41, 5.74) is 3.34. The molecule has 2 aromatic carbocycles. The van der Waals surface area contributed by atoms with Crippen molar-refractivity contribution in [2.24, 2.45) is 0 Å². The predicted octanol–water partition coefficient (Wildman–Crippen LogP) is 5.03. The van der Waals surface area contributed by atoms with E-state index in [2.05, 4.69) is 12.2 Å². The smallest absolute Gasteiger partial charge is 0.255 e. The number of morpholine rings is 1. The molecule has 8 heteroatoms. The maximum Gasteiger partial charge on any atom is 0.255 e. The van der Waals surface area contributed by atoms with Crippen LogP contribution in [0.2, 0.25) is 0 Å². The highest BCUT2D eigenvalue weighted by Gasteiger charge is 2.28. The molecule has 1 N–H and O–H groups in total. The van der Waals surface area contributed by atoms with E-state index in [1.54, 1.807) is 24.3 Å². The molecule has 174 valence electrons. The number of carbonyl (C=O) groups is 1. The van der Waals surface area contributed by atoms with Crippen LogP contribution in [0.5, 0.6) is 0 Å². The van der Waals surface area contributed by atoms with Crippen molar-refractivity contribution in [2.75, 3.05) is 31.6 Å². The minimum absolute atomic E-state index is 0.198. The lowest BCUT2D eigenvalue weighted by Crippen LogP contribution is -2.40. The summed E-state index contributed by atoms with van der Waals surface area (Å²) in [7, 11) is -3.53. The molecule has 0 aliphatic carbocycles. The number of aryl methyl sites for hydroxylation is 1. The highest BCUT2D eigenvalue weighted by molar-refractivity contribution is 7.91. The normalized spacial score (nSPS) is 14.8. The molecular weight excluding hydrogens is 456 g/mol. The van der Waals surface area contributed by atoms with E-state index in [-0.39, 0.29) is 5.91 Å². The molecule has 0 radical (unpaired) electrons. The fourth-order valence-corrected chi connectivity index (χ4v) is 6.55. The van der Waals surface area contributed by atoms with Crippen LogP contribution in [-0.4, -0.2) is 44.9 Å². The van der Waals surface area contributed by atoms with Gasteiger partial charge < -0.3 is 10.1 Å². The summed E-state index contributed by atoms with van der Waals surface area (Å²) in [5.74, 6) is -0.198. The molecule has 3 aromatic rings. The van der Waals surface area contributed by atoms with Crippen LogP contribution >= 0.6 is 11.3 Å². The Labute approximate surface area is 199 Å². The molecule has 6 nitrogen and oxygen atoms in total. The molecule has 1 fully saturated rings. The summed E-state index contributed by atoms with van der Waals surface area (Å²) in [5, 5.41) is 2.94. The summed E-state index contributed by atoms with van der Waals surface area (Å²) in [4.78, 5) is 13.6. The number of hydrogen-bond acceptors (Lipinski definition) is 5. The summed E-state index contributed by atoms with van der Waals surface area (Å²) >= 11 is 1.22. The maximum atomic E-state index is 12.9. The number of carbonyl (C=O) groups excluding carboxylic acids is 1. The van der Waals surface area contributed by atoms with E-state index >= 15 is 0 Å². The summed E-state index contributed by atoms with van der Waals surface area (Å²) in [6, 6.07) is 18.6. The van der Waals surface area contributed by atoms with E-state index in [1.165, 1.54) is 21.2 Å². The first-order valence-corrected chi connectivity index (χ1v) is 13.4. The number of benzene rings is 2. The van der Waals surface area contributed by atoms with Crippen molar-refractivity contribution in [2.45, 2.75) is 30.4 Å². The van der Waals surface area contributed by atoms with Crippen LogP contribution in [0.15, 0.2) is 64.9 Å². The average Bonchev–Trinajstić information content (AvgIpc) is 3.36. The van der Waals surface area contributed by atoms with Crippen molar-refractivity contribution in [3.63, 3.8) is 0 Å². The van der Waals surface area contributed by atoms with Crippen LogP contribution in [0.4, 0.5) is 5.69 Å². The fourth-order valence-electron chi connectivity index (χ4n) is 3.68. The molecule has 0 spiro atoms. The fraction of sp³-hybridized carbons (Fsp3) is 0.320. The van der Waals surface area contributed by atoms with Crippen LogP contribution in [0.1, 0.15) is 35.7 Å². The van der Waals surface area contributed by atoms with Gasteiger partial charge in [0, 0.05) is 29.2 Å². The third kappa shape index (κ3) is 5.70. The van der Waals surface area contributed by atoms with Gasteiger partial charge in [0.25, 0.3) is 15.9 Å². The van der Waals surface area contributed by atoms with Gasteiger partial charge in [-0.25, -0.2) is 8.42 Å². The van der Waals surface area contributed by atoms with E-state index in [4.69, 9.17) is 4.74 Å². The number of nitrogens with one attached hydrogen (secondary N) is 1. The van der Waals surface area contributed by atoms with Crippen molar-refractivity contribution in [1.82, 2.24) is 4.31 Å². The molecular formula is C25H28N2O4S2. The van der Waals surface area contributed by atoms with E-state index in [0.29, 0.717) is 36.1 Å². The van der Waals surface area contributed by atoms with Crippen LogP contribution in [0, 0.1) is 0 Å². The van der Waals surface area contributed by atoms with E-state index in [1.807, 2.05) is 36.4 Å². The molecule has 0 saturated carbocycles. The van der Waals surface area contributed by atoms with Gasteiger partial charge in [-0.05, 0) is 60.4 Å². The first-order chi connectivity index (χ1) is 16.0. The molecule has 1 amide bonds. The number of rotatable bonds is 8. The second kappa shape index (κ2) is 10.6. The van der Waals surface area contributed by atoms with Crippen molar-refractivity contribution < 1.29 is 17.9 Å². The highest BCUT2D eigenvalue weighted by atomic mass is 32.2. The minimum Gasteiger partial charge on any atom is -0.379 e. The van der Waals surface area contributed by atoms with Crippen molar-refractivity contribution >= 4 is 33.0 Å². The van der Waals surface area contributed by atoms with Gasteiger partial charge in [0.1, 0.15) is 4.21 Å². The topological polar surface area (TPSA) is 75.7 Å². The Morgan fingerprint density at radius 3 is 2.55 bits per heavy atom. The minimum atomic E-state index is -3.53. The number of amides is 1. The third-order valence-corrected chi connectivity index (χ3v) is 9.09. The molecule has 4 rings (SSSR count). The Morgan fingerprint density at radius 1 is 1.06 bits per heavy atom. The van der Waals surface area contributed by atoms with Crippen molar-refractivity contribution in [3.8, 4) is 10.4 Å². The van der Waals surface area contributed by atoms with Gasteiger partial charge in [0.15, 0.2) is 0 Å². The summed E-state index contributed by atoms with van der Waals surface area (Å²) < 4.78 is 32.8. The largest absolute Gasteiger partial charge is 0.379 e. The standard InChI is InChI=1S/C25H28N2O4S2/c1-2-3-5-19-8-10-22(11-9-19)26-25(28)21-7-4-6-20(18-21)23-12-13-24(32-23)33(29,30)27-14-16-31-17-15-27/h4,6-13,18H,2-3,5,14-17H2,1H3,(H,26,28). The van der Waals surface area contributed by atoms with Crippen LogP contribution in [-0.2, 0) is 21.2 Å².